The number of benzene rings is 1. The van der Waals surface area contributed by atoms with Crippen LogP contribution in [0.25, 0.3) is 11.3 Å². The summed E-state index contributed by atoms with van der Waals surface area (Å²) in [7, 11) is 3.34. The molecule has 0 bridgehead atoms. The maximum absolute atomic E-state index is 15.1. The number of pyridine rings is 1. The fraction of sp³-hybridized carbons (Fsp3) is 0.615. The van der Waals surface area contributed by atoms with Gasteiger partial charge in [-0.2, -0.15) is 13.2 Å². The van der Waals surface area contributed by atoms with Crippen LogP contribution >= 0.6 is 22.6 Å². The molecule has 1 unspecified atom stereocenters. The molecule has 1 amide bonds. The molecule has 22 heteroatoms. The summed E-state index contributed by atoms with van der Waals surface area (Å²) in [5, 5.41) is 20.6. The van der Waals surface area contributed by atoms with Crippen LogP contribution in [-0.2, 0) is 70.2 Å². The summed E-state index contributed by atoms with van der Waals surface area (Å²) in [6.45, 7) is 11.6. The van der Waals surface area contributed by atoms with Crippen LogP contribution in [0.5, 0.6) is 0 Å². The molecule has 14 atom stereocenters. The van der Waals surface area contributed by atoms with Crippen molar-refractivity contribution in [1.29, 1.82) is 0 Å². The van der Waals surface area contributed by atoms with Crippen LogP contribution in [0.15, 0.2) is 67.5 Å². The highest BCUT2D eigenvalue weighted by atomic mass is 127. The normalized spacial score (nSPS) is 33.0. The van der Waals surface area contributed by atoms with E-state index in [1.165, 1.54) is 26.2 Å². The van der Waals surface area contributed by atoms with Crippen molar-refractivity contribution in [2.75, 3.05) is 20.7 Å². The lowest BCUT2D eigenvalue weighted by molar-refractivity contribution is -0.296. The molecule has 402 valence electrons. The van der Waals surface area contributed by atoms with Gasteiger partial charge in [-0.3, -0.25) is 28.9 Å². The monoisotopic (exact) mass is 1150 g/mol. The number of alkyl halides is 4. The molecule has 0 spiro atoms. The van der Waals surface area contributed by atoms with E-state index in [-0.39, 0.29) is 12.2 Å². The number of imidazole rings is 1. The lowest BCUT2D eigenvalue weighted by atomic mass is 9.66. The number of cyclic esters (lactones) is 1. The summed E-state index contributed by atoms with van der Waals surface area (Å²) in [5.74, 6) is -5.26. The third-order valence-electron chi connectivity index (χ3n) is 15.6. The maximum Gasteiger partial charge on any atom is 0.416 e. The molecule has 0 saturated carbocycles. The van der Waals surface area contributed by atoms with Crippen LogP contribution in [0, 0.1) is 23.7 Å². The van der Waals surface area contributed by atoms with Gasteiger partial charge in [0.05, 0.1) is 53.0 Å². The number of aliphatic hydroxyl groups is 1. The van der Waals surface area contributed by atoms with E-state index >= 15 is 4.79 Å². The second kappa shape index (κ2) is 22.4. The number of ketones is 2. The van der Waals surface area contributed by atoms with E-state index in [0.717, 1.165) is 29.0 Å². The molecule has 74 heavy (non-hydrogen) atoms. The number of amides is 1. The van der Waals surface area contributed by atoms with Crippen molar-refractivity contribution in [1.82, 2.24) is 39.3 Å². The predicted molar refractivity (Wildman–Crippen MR) is 269 cm³/mol. The molecule has 7 heterocycles. The van der Waals surface area contributed by atoms with Crippen molar-refractivity contribution in [3.05, 3.63) is 84.3 Å². The topological polar surface area (TPSA) is 203 Å². The van der Waals surface area contributed by atoms with Crippen LogP contribution in [0.4, 0.5) is 18.0 Å². The molecule has 1 aromatic carbocycles. The first-order valence-corrected chi connectivity index (χ1v) is 26.4. The standard InChI is InChI=1S/C52H66F3IN8O10/c1-29-24-50(5,70-8)45(72-47-43(67)39(23-30(2)71-47)61(7)21-18-36-26-63(60-59-36)22-17-33-13-15-35(16-14-33)52(53,54)55)31(3)42(66)32(4)46(68)73-48(56)51(6)44-40(41(29)65)38(64(44)49(69)74-51)12-10-20-62-27-37(58-28-62)34-11-9-19-57-25-34/h9,11,13-16,19,25-32,38-40,43-45,47-48,67H,10,12,17-18,20-24H2,1-8H3/t29-,30-,31+,32-,38?,39+,40+,43-,44+,45-,47+,48+,50-,51+/m1/s1. The van der Waals surface area contributed by atoms with Crippen LogP contribution in [-0.4, -0.2) is 147 Å². The molecular weight excluding hydrogens is 1080 g/mol. The first-order chi connectivity index (χ1) is 35.0. The molecule has 4 saturated heterocycles. The van der Waals surface area contributed by atoms with E-state index in [1.807, 2.05) is 64.4 Å². The molecule has 1 N–H and O–H groups in total. The highest BCUT2D eigenvalue weighted by Crippen LogP contribution is 2.53. The van der Waals surface area contributed by atoms with Gasteiger partial charge in [-0.15, -0.1) is 5.10 Å². The van der Waals surface area contributed by atoms with Gasteiger partial charge < -0.3 is 38.3 Å². The largest absolute Gasteiger partial charge is 0.447 e. The molecule has 4 aliphatic heterocycles. The fourth-order valence-corrected chi connectivity index (χ4v) is 12.0. The molecule has 4 aromatic rings. The Labute approximate surface area is 442 Å². The summed E-state index contributed by atoms with van der Waals surface area (Å²) in [6, 6.07) is 7.04. The first kappa shape index (κ1) is 55.4. The number of methoxy groups -OCH3 is 1. The van der Waals surface area contributed by atoms with Gasteiger partial charge in [-0.25, -0.2) is 9.78 Å². The Balaban J connectivity index is 0.974. The van der Waals surface area contributed by atoms with E-state index < -0.39 is 111 Å². The number of carbonyl (C=O) groups excluding carboxylic acids is 4. The van der Waals surface area contributed by atoms with Gasteiger partial charge in [0.1, 0.15) is 17.8 Å². The lowest BCUT2D eigenvalue weighted by Gasteiger charge is -2.54. The van der Waals surface area contributed by atoms with Gasteiger partial charge in [-0.05, 0) is 119 Å². The number of aromatic nitrogens is 6. The zero-order valence-electron chi connectivity index (χ0n) is 42.9. The summed E-state index contributed by atoms with van der Waals surface area (Å²) < 4.78 is 73.1. The number of hydrogen-bond acceptors (Lipinski definition) is 15. The molecule has 18 nitrogen and oxygen atoms in total. The Hall–Kier alpha value is -4.88. The Kier molecular flexibility index (Phi) is 16.7. The van der Waals surface area contributed by atoms with Crippen molar-refractivity contribution in [2.45, 2.75) is 157 Å². The summed E-state index contributed by atoms with van der Waals surface area (Å²) in [6.07, 6.45) is 2.32. The molecule has 8 rings (SSSR count). The minimum Gasteiger partial charge on any atom is -0.447 e. The van der Waals surface area contributed by atoms with Crippen molar-refractivity contribution < 1.29 is 61.1 Å². The first-order valence-electron chi connectivity index (χ1n) is 25.2. The average molecular weight is 1150 g/mol. The van der Waals surface area contributed by atoms with Crippen LogP contribution in [0.3, 0.4) is 0 Å². The van der Waals surface area contributed by atoms with Gasteiger partial charge >= 0.3 is 18.2 Å². The lowest BCUT2D eigenvalue weighted by Crippen LogP contribution is -2.71. The number of esters is 1. The number of likely N-dealkylation sites (N-methyl/N-ethyl adjacent to an activating group) is 1. The molecular formula is C52H66F3IN8O10. The Morgan fingerprint density at radius 2 is 1.74 bits per heavy atom. The zero-order chi connectivity index (χ0) is 53.4. The third kappa shape index (κ3) is 11.4. The molecule has 3 aromatic heterocycles. The van der Waals surface area contributed by atoms with Gasteiger partial charge in [-0.1, -0.05) is 31.2 Å². The van der Waals surface area contributed by atoms with E-state index in [1.54, 1.807) is 62.2 Å². The van der Waals surface area contributed by atoms with E-state index in [4.69, 9.17) is 23.7 Å². The molecule has 4 fully saturated rings. The number of ether oxygens (including phenoxy) is 5. The number of nitrogens with zero attached hydrogens (tertiary/aromatic N) is 8. The predicted octanol–water partition coefficient (Wildman–Crippen LogP) is 6.74. The SMILES string of the molecule is CO[C@]1(C)C[C@@H](C)C(=O)[C@@H]2C(CCCn3cnc(-c4cccnc4)c3)N3C(=O)O[C@@](C)([C@H]23)[C@@H](I)OC(=O)[C@H](C)C(=O)[C@H](C)[C@H]1O[C@@H]1O[C@H](C)C[C@H](N(C)CCc2cn(CCc3ccc(C(F)(F)F)cc3)nn2)[C@H]1O. The fourth-order valence-electron chi connectivity index (χ4n) is 11.3. The average Bonchev–Trinajstić information content (AvgIpc) is 4.09. The Morgan fingerprint density at radius 3 is 2.43 bits per heavy atom. The Morgan fingerprint density at radius 1 is 1.00 bits per heavy atom. The van der Waals surface area contributed by atoms with Crippen LogP contribution in [0.2, 0.25) is 0 Å². The van der Waals surface area contributed by atoms with Crippen molar-refractivity contribution in [3.63, 3.8) is 0 Å². The quantitative estimate of drug-likeness (QED) is 0.0567. The number of aryl methyl sites for hydroxylation is 3. The van der Waals surface area contributed by atoms with E-state index in [9.17, 15) is 32.7 Å². The molecule has 0 radical (unpaired) electrons. The Bertz CT molecular complexity index is 2620. The van der Waals surface area contributed by atoms with Gasteiger partial charge in [0.25, 0.3) is 0 Å². The van der Waals surface area contributed by atoms with Crippen LogP contribution < -0.4 is 0 Å². The minimum absolute atomic E-state index is 0.0669. The number of rotatable bonds is 15. The second-order valence-corrected chi connectivity index (χ2v) is 22.0. The third-order valence-corrected chi connectivity index (χ3v) is 17.1. The highest BCUT2D eigenvalue weighted by molar-refractivity contribution is 14.1. The molecule has 4 aliphatic rings. The van der Waals surface area contributed by atoms with E-state index in [2.05, 4.69) is 20.3 Å². The number of carbonyl (C=O) groups is 4. The number of aliphatic hydroxyl groups excluding tert-OH is 1. The summed E-state index contributed by atoms with van der Waals surface area (Å²) in [5.41, 5.74) is -0.433. The number of hydrogen-bond donors (Lipinski definition) is 1. The van der Waals surface area contributed by atoms with Crippen LogP contribution in [0.1, 0.15) is 84.0 Å². The number of halogens is 4. The van der Waals surface area contributed by atoms with Gasteiger partial charge in [0.2, 0.25) is 0 Å². The highest BCUT2D eigenvalue weighted by Gasteiger charge is 2.70. The summed E-state index contributed by atoms with van der Waals surface area (Å²) in [4.78, 5) is 69.7. The van der Waals surface area contributed by atoms with Crippen molar-refractivity contribution in [3.8, 4) is 11.3 Å². The van der Waals surface area contributed by atoms with Crippen molar-refractivity contribution in [2.24, 2.45) is 23.7 Å². The molecule has 0 aliphatic carbocycles. The van der Waals surface area contributed by atoms with Gasteiger partial charge in [0, 0.05) is 87.4 Å². The smallest absolute Gasteiger partial charge is 0.416 e. The van der Waals surface area contributed by atoms with E-state index in [0.29, 0.717) is 57.4 Å². The minimum atomic E-state index is -4.41. The van der Waals surface area contributed by atoms with Crippen molar-refractivity contribution >= 4 is 46.2 Å². The maximum atomic E-state index is 15.1. The second-order valence-electron chi connectivity index (χ2n) is 20.9. The summed E-state index contributed by atoms with van der Waals surface area (Å²) >= 11 is 1.91. The van der Waals surface area contributed by atoms with Gasteiger partial charge in [0.15, 0.2) is 21.8 Å². The number of Topliss-reactive ketones (excluding diaryl/α,β-unsaturated/α-hetero) is 2. The zero-order valence-corrected chi connectivity index (χ0v) is 45.0.